The Hall–Kier alpha value is -1.95. The second-order valence-electron chi connectivity index (χ2n) is 4.85. The lowest BCUT2D eigenvalue weighted by Crippen LogP contribution is -2.02. The number of aryl methyl sites for hydroxylation is 2. The zero-order valence-electron chi connectivity index (χ0n) is 11.6. The van der Waals surface area contributed by atoms with Crippen molar-refractivity contribution in [1.29, 1.82) is 0 Å². The van der Waals surface area contributed by atoms with E-state index in [0.717, 1.165) is 27.4 Å². The van der Waals surface area contributed by atoms with E-state index in [9.17, 15) is 14.5 Å². The molecule has 0 heterocycles. The quantitative estimate of drug-likeness (QED) is 0.639. The Bertz CT molecular complexity index is 681. The summed E-state index contributed by atoms with van der Waals surface area (Å²) in [5, 5.41) is 13.9. The van der Waals surface area contributed by atoms with Crippen LogP contribution in [0.2, 0.25) is 0 Å². The summed E-state index contributed by atoms with van der Waals surface area (Å²) < 4.78 is 14.4. The average molecular weight is 353 g/mol. The largest absolute Gasteiger partial charge is 0.381 e. The molecule has 0 bridgehead atoms. The summed E-state index contributed by atoms with van der Waals surface area (Å²) in [5.41, 5.74) is 3.35. The van der Waals surface area contributed by atoms with Crippen molar-refractivity contribution in [1.82, 2.24) is 0 Å². The molecule has 0 aliphatic heterocycles. The number of nitro groups is 1. The minimum atomic E-state index is -0.607. The van der Waals surface area contributed by atoms with Gasteiger partial charge in [-0.2, -0.15) is 0 Å². The van der Waals surface area contributed by atoms with Gasteiger partial charge in [-0.1, -0.05) is 15.9 Å². The summed E-state index contributed by atoms with van der Waals surface area (Å²) in [6.45, 7) is 4.28. The first-order valence-corrected chi connectivity index (χ1v) is 7.10. The van der Waals surface area contributed by atoms with Crippen LogP contribution in [-0.2, 0) is 6.54 Å². The highest BCUT2D eigenvalue weighted by Crippen LogP contribution is 2.25. The highest BCUT2D eigenvalue weighted by molar-refractivity contribution is 9.10. The van der Waals surface area contributed by atoms with E-state index in [1.807, 2.05) is 26.0 Å². The summed E-state index contributed by atoms with van der Waals surface area (Å²) in [4.78, 5) is 10.1. The predicted octanol–water partition coefficient (Wildman–Crippen LogP) is 4.73. The van der Waals surface area contributed by atoms with Crippen LogP contribution in [-0.4, -0.2) is 4.92 Å². The zero-order chi connectivity index (χ0) is 15.6. The minimum absolute atomic E-state index is 0.241. The molecule has 1 N–H and O–H groups in total. The number of non-ortho nitro benzene ring substituents is 1. The monoisotopic (exact) mass is 352 g/mol. The summed E-state index contributed by atoms with van der Waals surface area (Å²) >= 11 is 3.49. The molecule has 2 aromatic carbocycles. The highest BCUT2D eigenvalue weighted by Gasteiger charge is 2.10. The first kappa shape index (κ1) is 15.4. The molecule has 0 unspecified atom stereocenters. The van der Waals surface area contributed by atoms with Gasteiger partial charge in [0.2, 0.25) is 0 Å². The van der Waals surface area contributed by atoms with Gasteiger partial charge in [0.1, 0.15) is 5.82 Å². The fraction of sp³-hybridized carbons (Fsp3) is 0.200. The van der Waals surface area contributed by atoms with E-state index in [4.69, 9.17) is 0 Å². The second-order valence-corrected chi connectivity index (χ2v) is 5.65. The first-order valence-electron chi connectivity index (χ1n) is 6.31. The van der Waals surface area contributed by atoms with Crippen LogP contribution in [0.5, 0.6) is 0 Å². The van der Waals surface area contributed by atoms with E-state index in [2.05, 4.69) is 21.2 Å². The molecule has 0 spiro atoms. The molecule has 0 aliphatic rings. The van der Waals surface area contributed by atoms with Gasteiger partial charge in [0, 0.05) is 22.8 Å². The lowest BCUT2D eigenvalue weighted by molar-refractivity contribution is -0.385. The third kappa shape index (κ3) is 3.78. The molecule has 110 valence electrons. The van der Waals surface area contributed by atoms with Crippen molar-refractivity contribution < 1.29 is 9.31 Å². The fourth-order valence-electron chi connectivity index (χ4n) is 2.09. The van der Waals surface area contributed by atoms with Crippen LogP contribution in [0.3, 0.4) is 0 Å². The SMILES string of the molecule is Cc1cc(NCc2cc(F)cc([N+](=O)[O-])c2)cc(C)c1Br. The lowest BCUT2D eigenvalue weighted by Gasteiger charge is -2.11. The molecule has 0 aromatic heterocycles. The van der Waals surface area contributed by atoms with Gasteiger partial charge in [-0.15, -0.1) is 0 Å². The molecule has 21 heavy (non-hydrogen) atoms. The van der Waals surface area contributed by atoms with Gasteiger partial charge in [0.05, 0.1) is 11.0 Å². The Kier molecular flexibility index (Phi) is 4.57. The van der Waals surface area contributed by atoms with Crippen LogP contribution in [0.25, 0.3) is 0 Å². The normalized spacial score (nSPS) is 10.5. The van der Waals surface area contributed by atoms with Crippen LogP contribution in [0.15, 0.2) is 34.8 Å². The third-order valence-corrected chi connectivity index (χ3v) is 4.34. The van der Waals surface area contributed by atoms with Crippen LogP contribution >= 0.6 is 15.9 Å². The fourth-order valence-corrected chi connectivity index (χ4v) is 2.32. The van der Waals surface area contributed by atoms with Crippen molar-refractivity contribution in [3.63, 3.8) is 0 Å². The Morgan fingerprint density at radius 3 is 2.38 bits per heavy atom. The Morgan fingerprint density at radius 2 is 1.81 bits per heavy atom. The number of hydrogen-bond donors (Lipinski definition) is 1. The van der Waals surface area contributed by atoms with Crippen molar-refractivity contribution in [2.45, 2.75) is 20.4 Å². The molecule has 0 saturated carbocycles. The second kappa shape index (κ2) is 6.22. The third-order valence-electron chi connectivity index (χ3n) is 3.09. The van der Waals surface area contributed by atoms with Crippen molar-refractivity contribution in [2.24, 2.45) is 0 Å². The number of rotatable bonds is 4. The number of nitro benzene ring substituents is 1. The Labute approximate surface area is 130 Å². The molecule has 2 aromatic rings. The summed E-state index contributed by atoms with van der Waals surface area (Å²) in [5.74, 6) is -0.607. The van der Waals surface area contributed by atoms with Crippen LogP contribution in [0.4, 0.5) is 15.8 Å². The van der Waals surface area contributed by atoms with Gasteiger partial charge < -0.3 is 5.32 Å². The number of nitrogens with zero attached hydrogens (tertiary/aromatic N) is 1. The number of benzene rings is 2. The van der Waals surface area contributed by atoms with Crippen molar-refractivity contribution >= 4 is 27.3 Å². The first-order chi connectivity index (χ1) is 9.86. The Morgan fingerprint density at radius 1 is 1.19 bits per heavy atom. The van der Waals surface area contributed by atoms with E-state index in [1.165, 1.54) is 12.1 Å². The van der Waals surface area contributed by atoms with Crippen molar-refractivity contribution in [2.75, 3.05) is 5.32 Å². The van der Waals surface area contributed by atoms with E-state index < -0.39 is 10.7 Å². The van der Waals surface area contributed by atoms with Gasteiger partial charge in [-0.3, -0.25) is 10.1 Å². The van der Waals surface area contributed by atoms with Gasteiger partial charge in [0.25, 0.3) is 5.69 Å². The molecule has 2 rings (SSSR count). The number of anilines is 1. The van der Waals surface area contributed by atoms with Gasteiger partial charge in [-0.25, -0.2) is 4.39 Å². The van der Waals surface area contributed by atoms with Gasteiger partial charge in [0.15, 0.2) is 0 Å². The van der Waals surface area contributed by atoms with Crippen molar-refractivity contribution in [3.05, 3.63) is 67.4 Å². The van der Waals surface area contributed by atoms with Crippen molar-refractivity contribution in [3.8, 4) is 0 Å². The molecule has 0 atom stereocenters. The molecular formula is C15H14BrFN2O2. The van der Waals surface area contributed by atoms with E-state index in [0.29, 0.717) is 12.1 Å². The maximum atomic E-state index is 13.4. The highest BCUT2D eigenvalue weighted by atomic mass is 79.9. The molecule has 0 fully saturated rings. The average Bonchev–Trinajstić information content (AvgIpc) is 2.41. The molecule has 0 radical (unpaired) electrons. The molecule has 4 nitrogen and oxygen atoms in total. The van der Waals surface area contributed by atoms with Gasteiger partial charge in [-0.05, 0) is 48.7 Å². The number of halogens is 2. The van der Waals surface area contributed by atoms with Gasteiger partial charge >= 0.3 is 0 Å². The maximum absolute atomic E-state index is 13.4. The Balaban J connectivity index is 2.18. The van der Waals surface area contributed by atoms with E-state index in [-0.39, 0.29) is 5.69 Å². The minimum Gasteiger partial charge on any atom is -0.381 e. The molecule has 6 heteroatoms. The van der Waals surface area contributed by atoms with E-state index >= 15 is 0 Å². The molecule has 0 amide bonds. The number of nitrogens with one attached hydrogen (secondary N) is 1. The molecule has 0 aliphatic carbocycles. The lowest BCUT2D eigenvalue weighted by atomic mass is 10.1. The zero-order valence-corrected chi connectivity index (χ0v) is 13.2. The summed E-state index contributed by atoms with van der Waals surface area (Å²) in [6, 6.07) is 7.50. The summed E-state index contributed by atoms with van der Waals surface area (Å²) in [6.07, 6.45) is 0. The summed E-state index contributed by atoms with van der Waals surface area (Å²) in [7, 11) is 0. The standard InChI is InChI=1S/C15H14BrFN2O2/c1-9-3-13(4-10(2)15(9)16)18-8-11-5-12(17)7-14(6-11)19(20)21/h3-7,18H,8H2,1-2H3. The maximum Gasteiger partial charge on any atom is 0.272 e. The number of hydrogen-bond acceptors (Lipinski definition) is 3. The smallest absolute Gasteiger partial charge is 0.272 e. The molecule has 0 saturated heterocycles. The van der Waals surface area contributed by atoms with Crippen LogP contribution in [0, 0.1) is 29.8 Å². The van der Waals surface area contributed by atoms with Crippen LogP contribution < -0.4 is 5.32 Å². The van der Waals surface area contributed by atoms with E-state index in [1.54, 1.807) is 0 Å². The predicted molar refractivity (Wildman–Crippen MR) is 84.0 cm³/mol. The topological polar surface area (TPSA) is 55.2 Å². The molecular weight excluding hydrogens is 339 g/mol. The van der Waals surface area contributed by atoms with Crippen LogP contribution in [0.1, 0.15) is 16.7 Å².